The molecule has 0 spiro atoms. The molecule has 0 aliphatic carbocycles. The van der Waals surface area contributed by atoms with Gasteiger partial charge in [0.2, 0.25) is 5.91 Å². The Hall–Kier alpha value is -1.82. The molecule has 26 heavy (non-hydrogen) atoms. The quantitative estimate of drug-likeness (QED) is 0.749. The van der Waals surface area contributed by atoms with Crippen LogP contribution in [-0.4, -0.2) is 45.5 Å². The number of rotatable bonds is 1. The maximum atomic E-state index is 12.9. The number of halogens is 1. The van der Waals surface area contributed by atoms with Gasteiger partial charge in [-0.3, -0.25) is 9.78 Å². The van der Waals surface area contributed by atoms with E-state index in [-0.39, 0.29) is 17.9 Å². The molecule has 1 aromatic heterocycles. The Morgan fingerprint density at radius 3 is 2.54 bits per heavy atom. The van der Waals surface area contributed by atoms with Crippen LogP contribution in [0.4, 0.5) is 4.79 Å². The molecule has 0 bridgehead atoms. The molecule has 2 aliphatic rings. The number of amides is 2. The highest BCUT2D eigenvalue weighted by molar-refractivity contribution is 6.32. The average molecular weight is 380 g/mol. The number of hydrogen-bond donors (Lipinski definition) is 0. The van der Waals surface area contributed by atoms with Gasteiger partial charge in [-0.2, -0.15) is 0 Å². The molecule has 0 saturated carbocycles. The predicted octanol–water partition coefficient (Wildman–Crippen LogP) is 3.45. The van der Waals surface area contributed by atoms with Gasteiger partial charge in [0.1, 0.15) is 5.60 Å². The van der Waals surface area contributed by atoms with Crippen molar-refractivity contribution in [3.8, 4) is 0 Å². The van der Waals surface area contributed by atoms with Crippen LogP contribution in [0.2, 0.25) is 5.02 Å². The minimum atomic E-state index is -0.532. The molecule has 6 nitrogen and oxygen atoms in total. The summed E-state index contributed by atoms with van der Waals surface area (Å²) in [5.41, 5.74) is 3.26. The van der Waals surface area contributed by atoms with Gasteiger partial charge in [0.05, 0.1) is 28.9 Å². The van der Waals surface area contributed by atoms with Crippen LogP contribution in [0, 0.1) is 19.8 Å². The first kappa shape index (κ1) is 19.0. The Bertz CT molecular complexity index is 757. The van der Waals surface area contributed by atoms with Crippen molar-refractivity contribution in [2.45, 2.75) is 59.7 Å². The van der Waals surface area contributed by atoms with Crippen LogP contribution in [0.25, 0.3) is 0 Å². The minimum Gasteiger partial charge on any atom is -0.444 e. The first-order valence-electron chi connectivity index (χ1n) is 8.98. The summed E-state index contributed by atoms with van der Waals surface area (Å²) in [5, 5.41) is 0.676. The fourth-order valence-corrected chi connectivity index (χ4v) is 3.73. The lowest BCUT2D eigenvalue weighted by molar-refractivity contribution is -0.135. The number of carbonyl (C=O) groups is 2. The van der Waals surface area contributed by atoms with Gasteiger partial charge in [-0.25, -0.2) is 4.79 Å². The van der Waals surface area contributed by atoms with E-state index in [4.69, 9.17) is 16.3 Å². The smallest absolute Gasteiger partial charge is 0.410 e. The van der Waals surface area contributed by atoms with Crippen molar-refractivity contribution in [2.24, 2.45) is 5.92 Å². The van der Waals surface area contributed by atoms with Crippen molar-refractivity contribution in [3.63, 3.8) is 0 Å². The fourth-order valence-electron chi connectivity index (χ4n) is 3.58. The van der Waals surface area contributed by atoms with Crippen LogP contribution in [-0.2, 0) is 22.6 Å². The van der Waals surface area contributed by atoms with E-state index in [1.54, 1.807) is 4.90 Å². The third kappa shape index (κ3) is 3.65. The standard InChI is InChI=1S/C19H26ClN3O3/c1-11-14-9-23(10-15(14)21-12(2)16(11)20)17(24)13-6-7-22(8-13)18(25)26-19(3,4)5/h13H,6-10H2,1-5H3/t13-/m1/s1. The molecule has 1 atom stereocenters. The van der Waals surface area contributed by atoms with Crippen molar-refractivity contribution in [1.29, 1.82) is 0 Å². The number of carbonyl (C=O) groups excluding carboxylic acids is 2. The number of fused-ring (bicyclic) bond motifs is 1. The van der Waals surface area contributed by atoms with Crippen molar-refractivity contribution in [2.75, 3.05) is 13.1 Å². The highest BCUT2D eigenvalue weighted by atomic mass is 35.5. The van der Waals surface area contributed by atoms with E-state index in [0.29, 0.717) is 37.6 Å². The molecular formula is C19H26ClN3O3. The normalized spacial score (nSPS) is 19.7. The summed E-state index contributed by atoms with van der Waals surface area (Å²) in [5.74, 6) is -0.115. The first-order valence-corrected chi connectivity index (χ1v) is 9.36. The zero-order valence-electron chi connectivity index (χ0n) is 16.1. The highest BCUT2D eigenvalue weighted by Gasteiger charge is 2.37. The molecule has 1 fully saturated rings. The van der Waals surface area contributed by atoms with Gasteiger partial charge in [-0.1, -0.05) is 11.6 Å². The van der Waals surface area contributed by atoms with E-state index < -0.39 is 5.60 Å². The third-order valence-corrected chi connectivity index (χ3v) is 5.50. The van der Waals surface area contributed by atoms with Crippen molar-refractivity contribution in [3.05, 3.63) is 27.5 Å². The summed E-state index contributed by atoms with van der Waals surface area (Å²) < 4.78 is 5.41. The molecule has 1 saturated heterocycles. The number of aryl methyl sites for hydroxylation is 1. The summed E-state index contributed by atoms with van der Waals surface area (Å²) in [6.45, 7) is 11.4. The lowest BCUT2D eigenvalue weighted by Gasteiger charge is -2.25. The molecule has 1 aromatic rings. The first-order chi connectivity index (χ1) is 12.1. The van der Waals surface area contributed by atoms with E-state index in [2.05, 4.69) is 4.98 Å². The summed E-state index contributed by atoms with van der Waals surface area (Å²) in [4.78, 5) is 33.1. The van der Waals surface area contributed by atoms with Gasteiger partial charge >= 0.3 is 6.09 Å². The second-order valence-corrected chi connectivity index (χ2v) is 8.55. The van der Waals surface area contributed by atoms with E-state index in [0.717, 1.165) is 22.5 Å². The van der Waals surface area contributed by atoms with Crippen LogP contribution >= 0.6 is 11.6 Å². The summed E-state index contributed by atoms with van der Waals surface area (Å²) in [7, 11) is 0. The van der Waals surface area contributed by atoms with Crippen LogP contribution in [0.15, 0.2) is 0 Å². The van der Waals surface area contributed by atoms with Crippen molar-refractivity contribution < 1.29 is 14.3 Å². The number of nitrogens with zero attached hydrogens (tertiary/aromatic N) is 3. The van der Waals surface area contributed by atoms with Crippen LogP contribution < -0.4 is 0 Å². The molecule has 3 heterocycles. The molecule has 7 heteroatoms. The molecule has 0 N–H and O–H groups in total. The van der Waals surface area contributed by atoms with Gasteiger partial charge in [-0.15, -0.1) is 0 Å². The molecule has 0 aromatic carbocycles. The summed E-state index contributed by atoms with van der Waals surface area (Å²) in [6.07, 6.45) is 0.314. The molecular weight excluding hydrogens is 354 g/mol. The number of likely N-dealkylation sites (tertiary alicyclic amines) is 1. The fraction of sp³-hybridized carbons (Fsp3) is 0.632. The van der Waals surface area contributed by atoms with Gasteiger partial charge in [0.15, 0.2) is 0 Å². The second-order valence-electron chi connectivity index (χ2n) is 8.17. The van der Waals surface area contributed by atoms with Crippen LogP contribution in [0.3, 0.4) is 0 Å². The highest BCUT2D eigenvalue weighted by Crippen LogP contribution is 2.32. The molecule has 0 unspecified atom stereocenters. The van der Waals surface area contributed by atoms with Gasteiger partial charge < -0.3 is 14.5 Å². The summed E-state index contributed by atoms with van der Waals surface area (Å²) in [6, 6.07) is 0. The Labute approximate surface area is 159 Å². The monoisotopic (exact) mass is 379 g/mol. The van der Waals surface area contributed by atoms with E-state index in [1.165, 1.54) is 0 Å². The SMILES string of the molecule is Cc1nc2c(c(C)c1Cl)CN(C(=O)[C@@H]1CCN(C(=O)OC(C)(C)C)C1)C2. The van der Waals surface area contributed by atoms with E-state index in [9.17, 15) is 9.59 Å². The Morgan fingerprint density at radius 2 is 1.88 bits per heavy atom. The topological polar surface area (TPSA) is 62.7 Å². The van der Waals surface area contributed by atoms with Gasteiger partial charge in [0, 0.05) is 19.6 Å². The molecule has 142 valence electrons. The van der Waals surface area contributed by atoms with Crippen molar-refractivity contribution in [1.82, 2.24) is 14.8 Å². The second kappa shape index (κ2) is 6.72. The predicted molar refractivity (Wildman–Crippen MR) is 98.9 cm³/mol. The summed E-state index contributed by atoms with van der Waals surface area (Å²) >= 11 is 6.30. The minimum absolute atomic E-state index is 0.0715. The zero-order chi connectivity index (χ0) is 19.2. The van der Waals surface area contributed by atoms with Gasteiger partial charge in [-0.05, 0) is 52.2 Å². The lowest BCUT2D eigenvalue weighted by atomic mass is 10.1. The molecule has 0 radical (unpaired) electrons. The number of aromatic nitrogens is 1. The number of ether oxygens (including phenoxy) is 1. The average Bonchev–Trinajstić information content (AvgIpc) is 3.17. The van der Waals surface area contributed by atoms with E-state index >= 15 is 0 Å². The maximum absolute atomic E-state index is 12.9. The van der Waals surface area contributed by atoms with Gasteiger partial charge in [0.25, 0.3) is 0 Å². The Balaban J connectivity index is 1.65. The molecule has 2 aliphatic heterocycles. The Morgan fingerprint density at radius 1 is 1.19 bits per heavy atom. The van der Waals surface area contributed by atoms with Crippen LogP contribution in [0.1, 0.15) is 49.7 Å². The molecule has 2 amide bonds. The third-order valence-electron chi connectivity index (χ3n) is 4.94. The lowest BCUT2D eigenvalue weighted by Crippen LogP contribution is -2.37. The van der Waals surface area contributed by atoms with E-state index in [1.807, 2.05) is 39.5 Å². The maximum Gasteiger partial charge on any atom is 0.410 e. The van der Waals surface area contributed by atoms with Crippen LogP contribution in [0.5, 0.6) is 0 Å². The Kier molecular flexibility index (Phi) is 4.90. The number of hydrogen-bond acceptors (Lipinski definition) is 4. The zero-order valence-corrected chi connectivity index (χ0v) is 16.8. The molecule has 3 rings (SSSR count). The van der Waals surface area contributed by atoms with Crippen molar-refractivity contribution >= 4 is 23.6 Å². The largest absolute Gasteiger partial charge is 0.444 e. The number of pyridine rings is 1.